The highest BCUT2D eigenvalue weighted by molar-refractivity contribution is 5.81. The molecule has 0 bridgehead atoms. The second-order valence-electron chi connectivity index (χ2n) is 4.60. The van der Waals surface area contributed by atoms with Gasteiger partial charge in [0, 0.05) is 31.4 Å². The number of anilines is 1. The third kappa shape index (κ3) is 4.49. The molecule has 0 aliphatic heterocycles. The van der Waals surface area contributed by atoms with E-state index >= 15 is 0 Å². The zero-order chi connectivity index (χ0) is 15.0. The SMILES string of the molecule is CCCNCc1c(F)cccc1N(CC)CC(=O)NC. The Hall–Kier alpha value is -1.62. The molecule has 0 aromatic heterocycles. The predicted molar refractivity (Wildman–Crippen MR) is 80.4 cm³/mol. The molecule has 0 fully saturated rings. The molecule has 112 valence electrons. The van der Waals surface area contributed by atoms with Crippen LogP contribution in [0.25, 0.3) is 0 Å². The molecule has 0 aliphatic carbocycles. The zero-order valence-corrected chi connectivity index (χ0v) is 12.5. The van der Waals surface area contributed by atoms with Gasteiger partial charge >= 0.3 is 0 Å². The van der Waals surface area contributed by atoms with E-state index < -0.39 is 0 Å². The van der Waals surface area contributed by atoms with Crippen molar-refractivity contribution in [2.45, 2.75) is 26.8 Å². The monoisotopic (exact) mass is 281 g/mol. The third-order valence-electron chi connectivity index (χ3n) is 3.16. The van der Waals surface area contributed by atoms with Crippen LogP contribution < -0.4 is 15.5 Å². The Morgan fingerprint density at radius 1 is 1.35 bits per heavy atom. The molecule has 0 spiro atoms. The standard InChI is InChI=1S/C15H24FN3O/c1-4-9-18-10-12-13(16)7-6-8-14(12)19(5-2)11-15(20)17-3/h6-8,18H,4-5,9-11H2,1-3H3,(H,17,20). The van der Waals surface area contributed by atoms with Crippen LogP contribution in [0.2, 0.25) is 0 Å². The van der Waals surface area contributed by atoms with Gasteiger partial charge in [-0.15, -0.1) is 0 Å². The number of hydrogen-bond acceptors (Lipinski definition) is 3. The molecule has 2 N–H and O–H groups in total. The molecule has 1 rings (SSSR count). The predicted octanol–water partition coefficient (Wildman–Crippen LogP) is 1.90. The second kappa shape index (κ2) is 8.53. The van der Waals surface area contributed by atoms with Gasteiger partial charge in [-0.2, -0.15) is 0 Å². The van der Waals surface area contributed by atoms with Gasteiger partial charge in [-0.05, 0) is 32.0 Å². The number of carbonyl (C=O) groups excluding carboxylic acids is 1. The van der Waals surface area contributed by atoms with Crippen molar-refractivity contribution < 1.29 is 9.18 Å². The van der Waals surface area contributed by atoms with Crippen molar-refractivity contribution in [3.8, 4) is 0 Å². The summed E-state index contributed by atoms with van der Waals surface area (Å²) in [5.41, 5.74) is 1.39. The van der Waals surface area contributed by atoms with Crippen LogP contribution in [0.1, 0.15) is 25.8 Å². The van der Waals surface area contributed by atoms with E-state index in [0.29, 0.717) is 18.7 Å². The largest absolute Gasteiger partial charge is 0.362 e. The maximum atomic E-state index is 14.0. The van der Waals surface area contributed by atoms with Crippen molar-refractivity contribution >= 4 is 11.6 Å². The Morgan fingerprint density at radius 3 is 2.70 bits per heavy atom. The Balaban J connectivity index is 2.95. The summed E-state index contributed by atoms with van der Waals surface area (Å²) in [4.78, 5) is 13.4. The average Bonchev–Trinajstić information content (AvgIpc) is 2.46. The summed E-state index contributed by atoms with van der Waals surface area (Å²) in [5.74, 6) is -0.315. The van der Waals surface area contributed by atoms with Crippen LogP contribution in [0.15, 0.2) is 18.2 Å². The van der Waals surface area contributed by atoms with Crippen LogP contribution in [-0.2, 0) is 11.3 Å². The zero-order valence-electron chi connectivity index (χ0n) is 12.5. The van der Waals surface area contributed by atoms with Gasteiger partial charge in [0.25, 0.3) is 0 Å². The summed E-state index contributed by atoms with van der Waals surface area (Å²) >= 11 is 0. The fourth-order valence-electron chi connectivity index (χ4n) is 2.03. The summed E-state index contributed by atoms with van der Waals surface area (Å²) in [7, 11) is 1.60. The van der Waals surface area contributed by atoms with Gasteiger partial charge in [-0.1, -0.05) is 13.0 Å². The van der Waals surface area contributed by atoms with Gasteiger partial charge in [0.2, 0.25) is 5.91 Å². The first-order valence-corrected chi connectivity index (χ1v) is 7.07. The van der Waals surface area contributed by atoms with Crippen LogP contribution in [0.5, 0.6) is 0 Å². The lowest BCUT2D eigenvalue weighted by molar-refractivity contribution is -0.119. The Morgan fingerprint density at radius 2 is 2.10 bits per heavy atom. The Kier molecular flexibility index (Phi) is 7.01. The number of nitrogens with one attached hydrogen (secondary N) is 2. The summed E-state index contributed by atoms with van der Waals surface area (Å²) in [5, 5.41) is 5.81. The average molecular weight is 281 g/mol. The molecule has 4 nitrogen and oxygen atoms in total. The number of halogens is 1. The molecule has 0 unspecified atom stereocenters. The van der Waals surface area contributed by atoms with Crippen molar-refractivity contribution in [2.75, 3.05) is 31.6 Å². The van der Waals surface area contributed by atoms with Gasteiger partial charge in [-0.3, -0.25) is 4.79 Å². The minimum Gasteiger partial charge on any atom is -0.362 e. The van der Waals surface area contributed by atoms with Gasteiger partial charge in [0.1, 0.15) is 5.82 Å². The molecule has 0 radical (unpaired) electrons. The minimum atomic E-state index is -0.235. The maximum Gasteiger partial charge on any atom is 0.239 e. The summed E-state index contributed by atoms with van der Waals surface area (Å²) in [6.07, 6.45) is 1.000. The van der Waals surface area contributed by atoms with E-state index in [4.69, 9.17) is 0 Å². The molecule has 1 aromatic carbocycles. The highest BCUT2D eigenvalue weighted by Crippen LogP contribution is 2.23. The molecule has 0 atom stereocenters. The number of rotatable bonds is 8. The Bertz CT molecular complexity index is 437. The number of amides is 1. The lowest BCUT2D eigenvalue weighted by Crippen LogP contribution is -2.36. The minimum absolute atomic E-state index is 0.0800. The molecular weight excluding hydrogens is 257 g/mol. The number of hydrogen-bond donors (Lipinski definition) is 2. The third-order valence-corrected chi connectivity index (χ3v) is 3.16. The quantitative estimate of drug-likeness (QED) is 0.715. The lowest BCUT2D eigenvalue weighted by atomic mass is 10.1. The summed E-state index contributed by atoms with van der Waals surface area (Å²) in [6, 6.07) is 5.00. The molecule has 20 heavy (non-hydrogen) atoms. The smallest absolute Gasteiger partial charge is 0.239 e. The van der Waals surface area contributed by atoms with Crippen molar-refractivity contribution in [1.29, 1.82) is 0 Å². The Labute approximate surface area is 120 Å². The summed E-state index contributed by atoms with van der Waals surface area (Å²) < 4.78 is 14.0. The molecule has 5 heteroatoms. The molecular formula is C15H24FN3O. The first kappa shape index (κ1) is 16.4. The molecule has 0 heterocycles. The highest BCUT2D eigenvalue weighted by atomic mass is 19.1. The van der Waals surface area contributed by atoms with Crippen LogP contribution in [-0.4, -0.2) is 32.6 Å². The van der Waals surface area contributed by atoms with Crippen LogP contribution in [0.4, 0.5) is 10.1 Å². The van der Waals surface area contributed by atoms with Gasteiger partial charge < -0.3 is 15.5 Å². The molecule has 0 saturated carbocycles. The van der Waals surface area contributed by atoms with Crippen molar-refractivity contribution in [1.82, 2.24) is 10.6 Å². The molecule has 1 amide bonds. The van der Waals surface area contributed by atoms with Crippen molar-refractivity contribution in [2.24, 2.45) is 0 Å². The van der Waals surface area contributed by atoms with Gasteiger partial charge in [0.15, 0.2) is 0 Å². The van der Waals surface area contributed by atoms with E-state index in [1.165, 1.54) is 6.07 Å². The number of benzene rings is 1. The molecule has 1 aromatic rings. The number of likely N-dealkylation sites (N-methyl/N-ethyl adjacent to an activating group) is 2. The molecule has 0 aliphatic rings. The second-order valence-corrected chi connectivity index (χ2v) is 4.60. The fourth-order valence-corrected chi connectivity index (χ4v) is 2.03. The van der Waals surface area contributed by atoms with Crippen LogP contribution in [0.3, 0.4) is 0 Å². The normalized spacial score (nSPS) is 10.4. The van der Waals surface area contributed by atoms with E-state index in [2.05, 4.69) is 17.6 Å². The first-order valence-electron chi connectivity index (χ1n) is 7.07. The lowest BCUT2D eigenvalue weighted by Gasteiger charge is -2.25. The first-order chi connectivity index (χ1) is 9.63. The fraction of sp³-hybridized carbons (Fsp3) is 0.533. The summed E-state index contributed by atoms with van der Waals surface area (Å²) in [6.45, 7) is 6.22. The van der Waals surface area contributed by atoms with E-state index in [9.17, 15) is 9.18 Å². The van der Waals surface area contributed by atoms with Crippen LogP contribution >= 0.6 is 0 Å². The topological polar surface area (TPSA) is 44.4 Å². The van der Waals surface area contributed by atoms with E-state index in [0.717, 1.165) is 18.7 Å². The van der Waals surface area contributed by atoms with Gasteiger partial charge in [0.05, 0.1) is 6.54 Å². The van der Waals surface area contributed by atoms with Gasteiger partial charge in [-0.25, -0.2) is 4.39 Å². The van der Waals surface area contributed by atoms with Crippen molar-refractivity contribution in [3.63, 3.8) is 0 Å². The van der Waals surface area contributed by atoms with E-state index in [1.807, 2.05) is 17.9 Å². The molecule has 0 saturated heterocycles. The van der Waals surface area contributed by atoms with E-state index in [1.54, 1.807) is 13.1 Å². The van der Waals surface area contributed by atoms with Crippen LogP contribution in [0, 0.1) is 5.82 Å². The maximum absolute atomic E-state index is 14.0. The number of carbonyl (C=O) groups is 1. The van der Waals surface area contributed by atoms with Crippen molar-refractivity contribution in [3.05, 3.63) is 29.6 Å². The van der Waals surface area contributed by atoms with E-state index in [-0.39, 0.29) is 18.3 Å². The number of nitrogens with zero attached hydrogens (tertiary/aromatic N) is 1. The highest BCUT2D eigenvalue weighted by Gasteiger charge is 2.15.